The number of hydrogen-bond acceptors (Lipinski definition) is 6. The predicted molar refractivity (Wildman–Crippen MR) is 128 cm³/mol. The van der Waals surface area contributed by atoms with E-state index in [2.05, 4.69) is 0 Å². The maximum absolute atomic E-state index is 14.1. The minimum absolute atomic E-state index is 0.00235. The highest BCUT2D eigenvalue weighted by atomic mass is 16.5. The number of carbonyl (C=O) groups excluding carboxylic acids is 3. The molecule has 0 aromatic heterocycles. The first-order valence-electron chi connectivity index (χ1n) is 12.1. The number of hydrogen-bond donors (Lipinski definition) is 1. The zero-order chi connectivity index (χ0) is 24.7. The summed E-state index contributed by atoms with van der Waals surface area (Å²) in [4.78, 5) is 46.2. The predicted octanol–water partition coefficient (Wildman–Crippen LogP) is 0.980. The van der Waals surface area contributed by atoms with Gasteiger partial charge in [-0.3, -0.25) is 14.4 Å². The average molecular weight is 482 g/mol. The van der Waals surface area contributed by atoms with Gasteiger partial charge in [0, 0.05) is 39.0 Å². The summed E-state index contributed by atoms with van der Waals surface area (Å²) in [6.45, 7) is 1.07. The number of benzene rings is 1. The molecule has 0 bridgehead atoms. The molecule has 2 fully saturated rings. The van der Waals surface area contributed by atoms with E-state index in [9.17, 15) is 19.5 Å². The number of fused-ring (bicyclic) bond motifs is 2. The van der Waals surface area contributed by atoms with Crippen LogP contribution in [0.25, 0.3) is 0 Å². The third kappa shape index (κ3) is 3.65. The van der Waals surface area contributed by atoms with E-state index >= 15 is 0 Å². The van der Waals surface area contributed by atoms with Crippen molar-refractivity contribution in [2.45, 2.75) is 30.6 Å². The molecule has 3 amide bonds. The van der Waals surface area contributed by atoms with Gasteiger partial charge < -0.3 is 29.3 Å². The highest BCUT2D eigenvalue weighted by Crippen LogP contribution is 2.53. The maximum Gasteiger partial charge on any atom is 0.253 e. The lowest BCUT2D eigenvalue weighted by atomic mass is 9.77. The molecule has 186 valence electrons. The number of likely N-dealkylation sites (N-methyl/N-ethyl adjacent to an activating group) is 1. The summed E-state index contributed by atoms with van der Waals surface area (Å²) < 4.78 is 11.8. The van der Waals surface area contributed by atoms with Crippen molar-refractivity contribution in [3.05, 3.63) is 48.6 Å². The summed E-state index contributed by atoms with van der Waals surface area (Å²) in [6.07, 6.45) is 7.91. The topological polar surface area (TPSA) is 99.6 Å². The third-order valence-electron chi connectivity index (χ3n) is 7.55. The highest BCUT2D eigenvalue weighted by molar-refractivity contribution is 6.05. The molecule has 5 rings (SSSR count). The van der Waals surface area contributed by atoms with Crippen molar-refractivity contribution < 1.29 is 29.0 Å². The highest BCUT2D eigenvalue weighted by Gasteiger charge is 2.71. The van der Waals surface area contributed by atoms with Crippen LogP contribution in [0, 0.1) is 11.8 Å². The van der Waals surface area contributed by atoms with Crippen LogP contribution in [0.3, 0.4) is 0 Å². The van der Waals surface area contributed by atoms with E-state index in [1.807, 2.05) is 36.4 Å². The van der Waals surface area contributed by atoms with Gasteiger partial charge in [-0.2, -0.15) is 0 Å². The molecule has 4 aliphatic rings. The number of amides is 3. The van der Waals surface area contributed by atoms with Crippen LogP contribution < -0.4 is 9.64 Å². The summed E-state index contributed by atoms with van der Waals surface area (Å²) in [5, 5.41) is 9.30. The van der Waals surface area contributed by atoms with Crippen LogP contribution in [0.1, 0.15) is 12.8 Å². The quantitative estimate of drug-likeness (QED) is 0.480. The summed E-state index contributed by atoms with van der Waals surface area (Å²) in [5.41, 5.74) is -0.547. The van der Waals surface area contributed by atoms with Crippen LogP contribution >= 0.6 is 0 Å². The van der Waals surface area contributed by atoms with Crippen molar-refractivity contribution in [1.29, 1.82) is 0 Å². The molecule has 0 radical (unpaired) electrons. The van der Waals surface area contributed by atoms with Crippen molar-refractivity contribution in [2.24, 2.45) is 11.8 Å². The van der Waals surface area contributed by atoms with Crippen LogP contribution in [0.2, 0.25) is 0 Å². The first kappa shape index (κ1) is 23.6. The Bertz CT molecular complexity index is 1070. The zero-order valence-electron chi connectivity index (χ0n) is 20.0. The largest absolute Gasteiger partial charge is 0.497 e. The molecule has 9 nitrogen and oxygen atoms in total. The van der Waals surface area contributed by atoms with Gasteiger partial charge in [-0.25, -0.2) is 0 Å². The van der Waals surface area contributed by atoms with Gasteiger partial charge in [0.25, 0.3) is 5.91 Å². The van der Waals surface area contributed by atoms with Gasteiger partial charge in [-0.05, 0) is 37.1 Å². The molecule has 0 aliphatic carbocycles. The van der Waals surface area contributed by atoms with Gasteiger partial charge in [0.2, 0.25) is 11.8 Å². The molecular weight excluding hydrogens is 450 g/mol. The van der Waals surface area contributed by atoms with Crippen molar-refractivity contribution in [3.8, 4) is 5.75 Å². The lowest BCUT2D eigenvalue weighted by Crippen LogP contribution is -2.55. The number of unbranched alkanes of at least 4 members (excludes halogenated alkanes) is 1. The van der Waals surface area contributed by atoms with Gasteiger partial charge in [0.15, 0.2) is 0 Å². The Morgan fingerprint density at radius 2 is 1.83 bits per heavy atom. The number of anilines is 1. The molecule has 5 atom stereocenters. The van der Waals surface area contributed by atoms with Gasteiger partial charge in [-0.15, -0.1) is 0 Å². The number of ether oxygens (including phenoxy) is 2. The molecule has 0 saturated carbocycles. The second-order valence-corrected chi connectivity index (χ2v) is 9.50. The maximum atomic E-state index is 14.1. The van der Waals surface area contributed by atoms with Crippen LogP contribution in [-0.2, 0) is 19.1 Å². The first-order valence-corrected chi connectivity index (χ1v) is 12.1. The number of rotatable bonds is 6. The van der Waals surface area contributed by atoms with E-state index in [1.54, 1.807) is 41.0 Å². The Hall–Kier alpha value is -3.17. The smallest absolute Gasteiger partial charge is 0.253 e. The van der Waals surface area contributed by atoms with Gasteiger partial charge in [0.05, 0.1) is 25.0 Å². The monoisotopic (exact) mass is 481 g/mol. The zero-order valence-corrected chi connectivity index (χ0v) is 20.0. The number of nitrogens with zero attached hydrogens (tertiary/aromatic N) is 3. The number of aliphatic hydroxyl groups is 1. The molecule has 1 aromatic rings. The molecular formula is C26H31N3O6. The Morgan fingerprint density at radius 3 is 2.54 bits per heavy atom. The van der Waals surface area contributed by atoms with Crippen molar-refractivity contribution in [1.82, 2.24) is 9.80 Å². The Morgan fingerprint density at radius 1 is 1.06 bits per heavy atom. The second kappa shape index (κ2) is 9.13. The second-order valence-electron chi connectivity index (χ2n) is 9.50. The van der Waals surface area contributed by atoms with E-state index in [1.165, 1.54) is 0 Å². The Kier molecular flexibility index (Phi) is 6.14. The number of likely N-dealkylation sites (tertiary alicyclic amines) is 1. The number of carbonyl (C=O) groups is 3. The van der Waals surface area contributed by atoms with Gasteiger partial charge in [0.1, 0.15) is 17.4 Å². The molecule has 1 spiro atoms. The van der Waals surface area contributed by atoms with E-state index < -0.39 is 29.6 Å². The van der Waals surface area contributed by atoms with Crippen molar-refractivity contribution >= 4 is 23.4 Å². The molecule has 35 heavy (non-hydrogen) atoms. The van der Waals surface area contributed by atoms with Crippen LogP contribution in [0.5, 0.6) is 5.75 Å². The SMILES string of the molecule is COc1ccc(N2CC=C[C@]34O[C@H]5C=CCN(C)C(=O)[C@H]5[C@H]3C(=O)N(CCCCO)C4C2=O)cc1. The molecule has 1 unspecified atom stereocenters. The minimum atomic E-state index is -1.23. The van der Waals surface area contributed by atoms with Crippen LogP contribution in [0.15, 0.2) is 48.6 Å². The fourth-order valence-corrected chi connectivity index (χ4v) is 5.89. The van der Waals surface area contributed by atoms with Crippen LogP contribution in [-0.4, -0.2) is 90.8 Å². The van der Waals surface area contributed by atoms with Crippen molar-refractivity contribution in [2.75, 3.05) is 45.3 Å². The molecule has 2 saturated heterocycles. The van der Waals surface area contributed by atoms with E-state index in [-0.39, 0.29) is 24.3 Å². The van der Waals surface area contributed by atoms with Crippen molar-refractivity contribution in [3.63, 3.8) is 0 Å². The molecule has 9 heteroatoms. The summed E-state index contributed by atoms with van der Waals surface area (Å²) in [6, 6.07) is 6.30. The first-order chi connectivity index (χ1) is 16.9. The molecule has 1 N–H and O–H groups in total. The van der Waals surface area contributed by atoms with E-state index in [0.717, 1.165) is 0 Å². The van der Waals surface area contributed by atoms with Crippen LogP contribution in [0.4, 0.5) is 5.69 Å². The number of aliphatic hydroxyl groups excluding tert-OH is 1. The average Bonchev–Trinajstić information content (AvgIpc) is 3.18. The normalized spacial score (nSPS) is 31.9. The number of methoxy groups -OCH3 is 1. The van der Waals surface area contributed by atoms with Gasteiger partial charge >= 0.3 is 0 Å². The summed E-state index contributed by atoms with van der Waals surface area (Å²) in [5.74, 6) is -1.45. The van der Waals surface area contributed by atoms with Gasteiger partial charge in [-0.1, -0.05) is 24.3 Å². The summed E-state index contributed by atoms with van der Waals surface area (Å²) >= 11 is 0. The minimum Gasteiger partial charge on any atom is -0.497 e. The fourth-order valence-electron chi connectivity index (χ4n) is 5.89. The lowest BCUT2D eigenvalue weighted by molar-refractivity contribution is -0.143. The standard InChI is InChI=1S/C26H31N3O6/c1-27-13-5-7-19-20(23(27)31)21-24(32)29(14-3-4-16-30)22-25(33)28(15-6-12-26(21,22)35-19)17-8-10-18(34-2)11-9-17/h5-12,19-22,30H,3-4,13-16H2,1-2H3/t19-,20+,21-,22?,26-/m0/s1. The molecule has 1 aromatic carbocycles. The van der Waals surface area contributed by atoms with E-state index in [4.69, 9.17) is 9.47 Å². The Balaban J connectivity index is 1.57. The third-order valence-corrected chi connectivity index (χ3v) is 7.55. The Labute approximate surface area is 204 Å². The van der Waals surface area contributed by atoms with E-state index in [0.29, 0.717) is 43.9 Å². The fraction of sp³-hybridized carbons (Fsp3) is 0.500. The lowest BCUT2D eigenvalue weighted by Gasteiger charge is -2.35. The summed E-state index contributed by atoms with van der Waals surface area (Å²) in [7, 11) is 3.30. The molecule has 4 aliphatic heterocycles. The molecule has 4 heterocycles.